The lowest BCUT2D eigenvalue weighted by molar-refractivity contribution is 0.319. The number of rotatable bonds is 4. The predicted molar refractivity (Wildman–Crippen MR) is 61.5 cm³/mol. The number of hydrogen-bond acceptors (Lipinski definition) is 4. The van der Waals surface area contributed by atoms with E-state index >= 15 is 0 Å². The SMILES string of the molecule is NC(=S)c1cccc(S(=O)(=O)CCO)c1. The molecule has 82 valence electrons. The fraction of sp³-hybridized carbons (Fsp3) is 0.222. The second-order valence-electron chi connectivity index (χ2n) is 2.93. The highest BCUT2D eigenvalue weighted by atomic mass is 32.2. The van der Waals surface area contributed by atoms with Crippen LogP contribution in [0.5, 0.6) is 0 Å². The maximum absolute atomic E-state index is 11.6. The highest BCUT2D eigenvalue weighted by molar-refractivity contribution is 7.91. The lowest BCUT2D eigenvalue weighted by Crippen LogP contribution is -2.13. The van der Waals surface area contributed by atoms with Crippen LogP contribution in [0, 0.1) is 0 Å². The minimum absolute atomic E-state index is 0.127. The van der Waals surface area contributed by atoms with Crippen molar-refractivity contribution in [1.29, 1.82) is 0 Å². The number of aliphatic hydroxyl groups is 1. The Morgan fingerprint density at radius 3 is 2.67 bits per heavy atom. The summed E-state index contributed by atoms with van der Waals surface area (Å²) in [6.07, 6.45) is 0. The van der Waals surface area contributed by atoms with E-state index in [0.717, 1.165) is 0 Å². The molecule has 0 amide bonds. The van der Waals surface area contributed by atoms with Gasteiger partial charge >= 0.3 is 0 Å². The smallest absolute Gasteiger partial charge is 0.180 e. The summed E-state index contributed by atoms with van der Waals surface area (Å²) in [6, 6.07) is 6.07. The third kappa shape index (κ3) is 2.98. The molecule has 1 aromatic carbocycles. The third-order valence-corrected chi connectivity index (χ3v) is 3.77. The van der Waals surface area contributed by atoms with E-state index in [2.05, 4.69) is 0 Å². The molecule has 1 rings (SSSR count). The Bertz CT molecular complexity index is 468. The maximum atomic E-state index is 11.6. The third-order valence-electron chi connectivity index (χ3n) is 1.84. The van der Waals surface area contributed by atoms with Crippen LogP contribution in [0.15, 0.2) is 29.2 Å². The Morgan fingerprint density at radius 1 is 1.47 bits per heavy atom. The van der Waals surface area contributed by atoms with Gasteiger partial charge in [0.05, 0.1) is 17.3 Å². The second-order valence-corrected chi connectivity index (χ2v) is 5.48. The molecule has 0 saturated carbocycles. The van der Waals surface area contributed by atoms with Gasteiger partial charge in [-0.25, -0.2) is 8.42 Å². The monoisotopic (exact) mass is 245 g/mol. The molecule has 0 radical (unpaired) electrons. The van der Waals surface area contributed by atoms with Crippen molar-refractivity contribution in [3.05, 3.63) is 29.8 Å². The van der Waals surface area contributed by atoms with Crippen LogP contribution < -0.4 is 5.73 Å². The zero-order chi connectivity index (χ0) is 11.5. The topological polar surface area (TPSA) is 80.4 Å². The molecule has 0 aliphatic rings. The van der Waals surface area contributed by atoms with Gasteiger partial charge < -0.3 is 10.8 Å². The van der Waals surface area contributed by atoms with Crippen molar-refractivity contribution in [2.45, 2.75) is 4.90 Å². The molecule has 0 unspecified atom stereocenters. The summed E-state index contributed by atoms with van der Waals surface area (Å²) in [6.45, 7) is -0.403. The van der Waals surface area contributed by atoms with Gasteiger partial charge in [0.25, 0.3) is 0 Å². The molecule has 0 heterocycles. The van der Waals surface area contributed by atoms with Gasteiger partial charge in [-0.2, -0.15) is 0 Å². The Kier molecular flexibility index (Phi) is 3.78. The predicted octanol–water partition coefficient (Wildman–Crippen LogP) is 0.0868. The van der Waals surface area contributed by atoms with Gasteiger partial charge in [0.1, 0.15) is 4.99 Å². The molecule has 0 bridgehead atoms. The maximum Gasteiger partial charge on any atom is 0.180 e. The van der Waals surface area contributed by atoms with Crippen LogP contribution >= 0.6 is 12.2 Å². The van der Waals surface area contributed by atoms with Crippen molar-refractivity contribution in [3.63, 3.8) is 0 Å². The Morgan fingerprint density at radius 2 is 2.13 bits per heavy atom. The Labute approximate surface area is 93.6 Å². The molecule has 4 nitrogen and oxygen atoms in total. The molecule has 0 spiro atoms. The summed E-state index contributed by atoms with van der Waals surface area (Å²) in [5.74, 6) is -0.298. The molecule has 15 heavy (non-hydrogen) atoms. The van der Waals surface area contributed by atoms with E-state index < -0.39 is 16.4 Å². The normalized spacial score (nSPS) is 11.3. The van der Waals surface area contributed by atoms with E-state index in [1.54, 1.807) is 12.1 Å². The van der Waals surface area contributed by atoms with Crippen molar-refractivity contribution in [2.24, 2.45) is 5.73 Å². The number of hydrogen-bond donors (Lipinski definition) is 2. The van der Waals surface area contributed by atoms with Crippen molar-refractivity contribution in [2.75, 3.05) is 12.4 Å². The Balaban J connectivity index is 3.16. The molecule has 0 fully saturated rings. The van der Waals surface area contributed by atoms with Gasteiger partial charge in [-0.3, -0.25) is 0 Å². The quantitative estimate of drug-likeness (QED) is 0.735. The number of benzene rings is 1. The van der Waals surface area contributed by atoms with Crippen LogP contribution in [0.3, 0.4) is 0 Å². The van der Waals surface area contributed by atoms with Crippen molar-refractivity contribution < 1.29 is 13.5 Å². The summed E-state index contributed by atoms with van der Waals surface area (Å²) >= 11 is 4.74. The van der Waals surface area contributed by atoms with E-state index in [4.69, 9.17) is 23.1 Å². The van der Waals surface area contributed by atoms with Crippen LogP contribution in [0.4, 0.5) is 0 Å². The first-order valence-corrected chi connectivity index (χ1v) is 6.27. The van der Waals surface area contributed by atoms with Crippen molar-refractivity contribution >= 4 is 27.0 Å². The van der Waals surface area contributed by atoms with Crippen LogP contribution in [-0.4, -0.2) is 30.9 Å². The number of thiocarbonyl (C=S) groups is 1. The standard InChI is InChI=1S/C9H11NO3S2/c10-9(14)7-2-1-3-8(6-7)15(12,13)5-4-11/h1-3,6,11H,4-5H2,(H2,10,14). The van der Waals surface area contributed by atoms with Gasteiger partial charge in [-0.05, 0) is 12.1 Å². The molecule has 0 aliphatic carbocycles. The fourth-order valence-electron chi connectivity index (χ4n) is 1.08. The van der Waals surface area contributed by atoms with Crippen LogP contribution in [0.1, 0.15) is 5.56 Å². The first kappa shape index (κ1) is 12.1. The summed E-state index contributed by atoms with van der Waals surface area (Å²) in [4.78, 5) is 0.276. The molecule has 0 saturated heterocycles. The first-order valence-electron chi connectivity index (χ1n) is 4.21. The van der Waals surface area contributed by atoms with Crippen LogP contribution in [0.2, 0.25) is 0 Å². The minimum atomic E-state index is -3.43. The van der Waals surface area contributed by atoms with E-state index in [0.29, 0.717) is 5.56 Å². The molecule has 0 atom stereocenters. The van der Waals surface area contributed by atoms with Gasteiger partial charge in [-0.1, -0.05) is 24.4 Å². The molecular weight excluding hydrogens is 234 g/mol. The zero-order valence-corrected chi connectivity index (χ0v) is 9.51. The summed E-state index contributed by atoms with van der Waals surface area (Å²) in [7, 11) is -3.43. The number of sulfone groups is 1. The number of aliphatic hydroxyl groups excluding tert-OH is 1. The van der Waals surface area contributed by atoms with Crippen molar-refractivity contribution in [3.8, 4) is 0 Å². The lowest BCUT2D eigenvalue weighted by Gasteiger charge is -2.04. The lowest BCUT2D eigenvalue weighted by atomic mass is 10.2. The summed E-state index contributed by atoms with van der Waals surface area (Å²) in [5, 5.41) is 8.61. The first-order chi connectivity index (χ1) is 6.97. The van der Waals surface area contributed by atoms with Gasteiger partial charge in [0, 0.05) is 5.56 Å². The van der Waals surface area contributed by atoms with E-state index in [1.165, 1.54) is 12.1 Å². The largest absolute Gasteiger partial charge is 0.395 e. The highest BCUT2D eigenvalue weighted by Crippen LogP contribution is 2.13. The molecule has 6 heteroatoms. The Hall–Kier alpha value is -0.980. The van der Waals surface area contributed by atoms with E-state index in [1.807, 2.05) is 0 Å². The van der Waals surface area contributed by atoms with Crippen LogP contribution in [0.25, 0.3) is 0 Å². The molecular formula is C9H11NO3S2. The van der Waals surface area contributed by atoms with Gasteiger partial charge in [0.2, 0.25) is 0 Å². The van der Waals surface area contributed by atoms with E-state index in [9.17, 15) is 8.42 Å². The molecule has 1 aromatic rings. The molecule has 3 N–H and O–H groups in total. The number of nitrogens with two attached hydrogens (primary N) is 1. The highest BCUT2D eigenvalue weighted by Gasteiger charge is 2.14. The molecule has 0 aliphatic heterocycles. The van der Waals surface area contributed by atoms with Gasteiger partial charge in [0.15, 0.2) is 9.84 Å². The minimum Gasteiger partial charge on any atom is -0.395 e. The average Bonchev–Trinajstić information content (AvgIpc) is 2.18. The summed E-state index contributed by atoms with van der Waals surface area (Å²) < 4.78 is 23.1. The van der Waals surface area contributed by atoms with E-state index in [-0.39, 0.29) is 15.6 Å². The van der Waals surface area contributed by atoms with Crippen LogP contribution in [-0.2, 0) is 9.84 Å². The molecule has 0 aromatic heterocycles. The summed E-state index contributed by atoms with van der Waals surface area (Å²) in [5.41, 5.74) is 5.89. The van der Waals surface area contributed by atoms with Gasteiger partial charge in [-0.15, -0.1) is 0 Å². The van der Waals surface area contributed by atoms with Crippen molar-refractivity contribution in [1.82, 2.24) is 0 Å². The zero-order valence-electron chi connectivity index (χ0n) is 7.88. The fourth-order valence-corrected chi connectivity index (χ4v) is 2.28. The average molecular weight is 245 g/mol. The second kappa shape index (κ2) is 4.69.